The van der Waals surface area contributed by atoms with Crippen LogP contribution in [-0.2, 0) is 0 Å². The lowest BCUT2D eigenvalue weighted by molar-refractivity contribution is 0.123. The van der Waals surface area contributed by atoms with Crippen LogP contribution in [0.1, 0.15) is 62.6 Å². The third-order valence-corrected chi connectivity index (χ3v) is 4.95. The molecule has 4 heteroatoms. The fourth-order valence-electron chi connectivity index (χ4n) is 3.43. The van der Waals surface area contributed by atoms with Gasteiger partial charge in [0, 0.05) is 19.2 Å². The second-order valence-corrected chi connectivity index (χ2v) is 6.49. The summed E-state index contributed by atoms with van der Waals surface area (Å²) in [6.07, 6.45) is 6.85. The molecule has 1 aromatic carbocycles. The molecule has 2 N–H and O–H groups in total. The largest absolute Gasteiger partial charge is 0.396 e. The topological polar surface area (TPSA) is 56.0 Å². The van der Waals surface area contributed by atoms with E-state index in [2.05, 4.69) is 5.32 Å². The molecule has 1 aromatic rings. The predicted octanol–water partition coefficient (Wildman–Crippen LogP) is 3.68. The van der Waals surface area contributed by atoms with Crippen molar-refractivity contribution in [2.75, 3.05) is 13.2 Å². The maximum absolute atomic E-state index is 13.7. The molecule has 1 saturated carbocycles. The third-order valence-electron chi connectivity index (χ3n) is 4.95. The van der Waals surface area contributed by atoms with E-state index < -0.39 is 5.82 Å². The van der Waals surface area contributed by atoms with E-state index in [4.69, 9.17) is 5.26 Å². The maximum Gasteiger partial charge on any atom is 0.141 e. The maximum atomic E-state index is 13.7. The summed E-state index contributed by atoms with van der Waals surface area (Å²) in [5.74, 6) is -0.462. The summed E-state index contributed by atoms with van der Waals surface area (Å²) in [6, 6.07) is 6.65. The molecular weight excluding hydrogens is 279 g/mol. The molecule has 1 aliphatic rings. The van der Waals surface area contributed by atoms with Crippen LogP contribution in [0.5, 0.6) is 0 Å². The van der Waals surface area contributed by atoms with Crippen LogP contribution >= 0.6 is 0 Å². The number of nitriles is 1. The van der Waals surface area contributed by atoms with Crippen LogP contribution in [0.4, 0.5) is 4.39 Å². The Morgan fingerprint density at radius 3 is 2.68 bits per heavy atom. The van der Waals surface area contributed by atoms with E-state index in [-0.39, 0.29) is 23.6 Å². The minimum Gasteiger partial charge on any atom is -0.396 e. The van der Waals surface area contributed by atoms with Crippen molar-refractivity contribution in [3.63, 3.8) is 0 Å². The molecule has 1 aliphatic carbocycles. The standard InChI is InChI=1S/C18H25FN2O/c1-14(15-5-6-16(12-20)17(19)11-15)21-13-18(9-10-22)7-3-2-4-8-18/h5-6,11,14,21-22H,2-4,7-10,13H2,1H3. The number of aliphatic hydroxyl groups excluding tert-OH is 1. The second kappa shape index (κ2) is 7.71. The SMILES string of the molecule is CC(NCC1(CCO)CCCCC1)c1ccc(C#N)c(F)c1. The van der Waals surface area contributed by atoms with Crippen LogP contribution in [0.2, 0.25) is 0 Å². The number of aliphatic hydroxyl groups is 1. The van der Waals surface area contributed by atoms with Crippen LogP contribution in [0.3, 0.4) is 0 Å². The van der Waals surface area contributed by atoms with Gasteiger partial charge in [0.05, 0.1) is 5.56 Å². The van der Waals surface area contributed by atoms with Gasteiger partial charge in [-0.2, -0.15) is 5.26 Å². The van der Waals surface area contributed by atoms with Crippen LogP contribution < -0.4 is 5.32 Å². The van der Waals surface area contributed by atoms with Crippen molar-refractivity contribution < 1.29 is 9.50 Å². The summed E-state index contributed by atoms with van der Waals surface area (Å²) in [4.78, 5) is 0. The van der Waals surface area contributed by atoms with Crippen molar-refractivity contribution in [3.8, 4) is 6.07 Å². The molecule has 0 heterocycles. The predicted molar refractivity (Wildman–Crippen MR) is 84.8 cm³/mol. The molecule has 1 unspecified atom stereocenters. The first-order valence-corrected chi connectivity index (χ1v) is 8.14. The van der Waals surface area contributed by atoms with Gasteiger partial charge in [-0.3, -0.25) is 0 Å². The molecule has 1 atom stereocenters. The first kappa shape index (κ1) is 16.9. The zero-order valence-electron chi connectivity index (χ0n) is 13.2. The quantitative estimate of drug-likeness (QED) is 0.843. The third kappa shape index (κ3) is 4.06. The molecule has 0 aromatic heterocycles. The zero-order chi connectivity index (χ0) is 16.0. The number of hydrogen-bond donors (Lipinski definition) is 2. The van der Waals surface area contributed by atoms with Gasteiger partial charge in [-0.15, -0.1) is 0 Å². The number of hydrogen-bond acceptors (Lipinski definition) is 3. The molecule has 120 valence electrons. The van der Waals surface area contributed by atoms with Gasteiger partial charge in [-0.05, 0) is 49.3 Å². The number of nitrogens with one attached hydrogen (secondary N) is 1. The smallest absolute Gasteiger partial charge is 0.141 e. The summed E-state index contributed by atoms with van der Waals surface area (Å²) >= 11 is 0. The number of nitrogens with zero attached hydrogens (tertiary/aromatic N) is 1. The van der Waals surface area contributed by atoms with Crippen LogP contribution in [0.25, 0.3) is 0 Å². The lowest BCUT2D eigenvalue weighted by atomic mass is 9.72. The van der Waals surface area contributed by atoms with E-state index in [1.165, 1.54) is 31.4 Å². The number of benzene rings is 1. The molecular formula is C18H25FN2O. The lowest BCUT2D eigenvalue weighted by Crippen LogP contribution is -2.38. The zero-order valence-corrected chi connectivity index (χ0v) is 13.2. The van der Waals surface area contributed by atoms with E-state index in [0.717, 1.165) is 31.4 Å². The van der Waals surface area contributed by atoms with Gasteiger partial charge < -0.3 is 10.4 Å². The molecule has 1 fully saturated rings. The van der Waals surface area contributed by atoms with E-state index >= 15 is 0 Å². The number of rotatable bonds is 6. The van der Waals surface area contributed by atoms with E-state index in [0.29, 0.717) is 0 Å². The first-order chi connectivity index (χ1) is 10.6. The van der Waals surface area contributed by atoms with Gasteiger partial charge in [0.2, 0.25) is 0 Å². The molecule has 3 nitrogen and oxygen atoms in total. The Morgan fingerprint density at radius 2 is 2.09 bits per heavy atom. The summed E-state index contributed by atoms with van der Waals surface area (Å²) in [6.45, 7) is 3.08. The Hall–Kier alpha value is -1.44. The first-order valence-electron chi connectivity index (χ1n) is 8.14. The van der Waals surface area contributed by atoms with Gasteiger partial charge in [0.15, 0.2) is 0 Å². The Labute approximate surface area is 132 Å². The van der Waals surface area contributed by atoms with Crippen molar-refractivity contribution in [2.24, 2.45) is 5.41 Å². The van der Waals surface area contributed by atoms with Crippen molar-refractivity contribution in [2.45, 2.75) is 51.5 Å². The molecule has 0 amide bonds. The van der Waals surface area contributed by atoms with Gasteiger partial charge in [-0.1, -0.05) is 25.3 Å². The molecule has 2 rings (SSSR count). The van der Waals surface area contributed by atoms with Gasteiger partial charge in [0.25, 0.3) is 0 Å². The highest BCUT2D eigenvalue weighted by Crippen LogP contribution is 2.39. The number of halogens is 1. The van der Waals surface area contributed by atoms with E-state index in [1.807, 2.05) is 13.0 Å². The average Bonchev–Trinajstić information content (AvgIpc) is 2.54. The Balaban J connectivity index is 2.00. The fraction of sp³-hybridized carbons (Fsp3) is 0.611. The summed E-state index contributed by atoms with van der Waals surface area (Å²) in [5, 5.41) is 21.6. The highest BCUT2D eigenvalue weighted by atomic mass is 19.1. The van der Waals surface area contributed by atoms with Gasteiger partial charge in [0.1, 0.15) is 11.9 Å². The minimum absolute atomic E-state index is 0.0275. The molecule has 22 heavy (non-hydrogen) atoms. The van der Waals surface area contributed by atoms with Crippen LogP contribution in [0, 0.1) is 22.6 Å². The monoisotopic (exact) mass is 304 g/mol. The van der Waals surface area contributed by atoms with E-state index in [9.17, 15) is 9.50 Å². The van der Waals surface area contributed by atoms with E-state index in [1.54, 1.807) is 6.07 Å². The molecule has 0 saturated heterocycles. The lowest BCUT2D eigenvalue weighted by Gasteiger charge is -2.38. The van der Waals surface area contributed by atoms with Crippen molar-refractivity contribution >= 4 is 0 Å². The Kier molecular flexibility index (Phi) is 5.93. The molecule has 0 spiro atoms. The van der Waals surface area contributed by atoms with Crippen molar-refractivity contribution in [1.29, 1.82) is 5.26 Å². The van der Waals surface area contributed by atoms with Gasteiger partial charge in [-0.25, -0.2) is 4.39 Å². The molecule has 0 radical (unpaired) electrons. The Bertz CT molecular complexity index is 527. The Morgan fingerprint density at radius 1 is 1.36 bits per heavy atom. The van der Waals surface area contributed by atoms with Crippen molar-refractivity contribution in [3.05, 3.63) is 35.1 Å². The minimum atomic E-state index is -0.462. The normalized spacial score (nSPS) is 18.6. The summed E-state index contributed by atoms with van der Waals surface area (Å²) < 4.78 is 13.7. The highest BCUT2D eigenvalue weighted by molar-refractivity contribution is 5.34. The summed E-state index contributed by atoms with van der Waals surface area (Å²) in [5.41, 5.74) is 1.11. The van der Waals surface area contributed by atoms with Gasteiger partial charge >= 0.3 is 0 Å². The highest BCUT2D eigenvalue weighted by Gasteiger charge is 2.31. The van der Waals surface area contributed by atoms with Crippen LogP contribution in [0.15, 0.2) is 18.2 Å². The second-order valence-electron chi connectivity index (χ2n) is 6.49. The molecule has 0 bridgehead atoms. The molecule has 0 aliphatic heterocycles. The summed E-state index contributed by atoms with van der Waals surface area (Å²) in [7, 11) is 0. The van der Waals surface area contributed by atoms with Crippen LogP contribution in [-0.4, -0.2) is 18.3 Å². The van der Waals surface area contributed by atoms with Crippen molar-refractivity contribution in [1.82, 2.24) is 5.32 Å². The average molecular weight is 304 g/mol. The fourth-order valence-corrected chi connectivity index (χ4v) is 3.43.